The number of piperidine rings is 1. The average Bonchev–Trinajstić information content (AvgIpc) is 2.86. The molecule has 2 atom stereocenters. The number of nitrogens with zero attached hydrogens (tertiary/aromatic N) is 3. The zero-order chi connectivity index (χ0) is 23.3. The summed E-state index contributed by atoms with van der Waals surface area (Å²) in [7, 11) is 0. The standard InChI is InChI=1S/C26H38N4O3.ClH/c1-2-3-16-30-24(32)22(23(31)20-10-6-4-7-11-20)28-25(33)26(30)14-17-29(18-15-26)19-27-21-12-8-5-9-13-21;/h5,8-9,12-13,19-20,22-23,31H,2-4,6-7,10-11,14-18H2,1H3,(H,28,33);1H/t22-,23-;/m1./s1. The first-order valence-corrected chi connectivity index (χ1v) is 12.7. The summed E-state index contributed by atoms with van der Waals surface area (Å²) in [5.41, 5.74) is 0.0686. The van der Waals surface area contributed by atoms with Gasteiger partial charge in [0, 0.05) is 19.6 Å². The molecule has 0 unspecified atom stereocenters. The summed E-state index contributed by atoms with van der Waals surface area (Å²) in [5.74, 6) is -0.114. The van der Waals surface area contributed by atoms with Crippen LogP contribution in [-0.4, -0.2) is 70.4 Å². The van der Waals surface area contributed by atoms with Crippen molar-refractivity contribution in [2.45, 2.75) is 82.4 Å². The minimum absolute atomic E-state index is 0. The monoisotopic (exact) mass is 490 g/mol. The molecule has 1 saturated carbocycles. The second kappa shape index (κ2) is 12.0. The molecule has 2 N–H and O–H groups in total. The molecule has 1 aliphatic carbocycles. The maximum absolute atomic E-state index is 13.6. The first-order chi connectivity index (χ1) is 16.0. The van der Waals surface area contributed by atoms with Crippen LogP contribution in [-0.2, 0) is 9.59 Å². The van der Waals surface area contributed by atoms with Crippen molar-refractivity contribution in [3.05, 3.63) is 30.3 Å². The van der Waals surface area contributed by atoms with E-state index in [2.05, 4.69) is 22.1 Å². The maximum Gasteiger partial charge on any atom is 0.248 e. The van der Waals surface area contributed by atoms with Crippen molar-refractivity contribution in [3.63, 3.8) is 0 Å². The quantitative estimate of drug-likeness (QED) is 0.451. The third-order valence-electron chi connectivity index (χ3n) is 7.72. The number of rotatable bonds is 7. The van der Waals surface area contributed by atoms with E-state index in [4.69, 9.17) is 0 Å². The highest BCUT2D eigenvalue weighted by atomic mass is 35.5. The van der Waals surface area contributed by atoms with Gasteiger partial charge in [-0.1, -0.05) is 50.8 Å². The van der Waals surface area contributed by atoms with Gasteiger partial charge in [-0.2, -0.15) is 0 Å². The molecule has 0 radical (unpaired) electrons. The third kappa shape index (κ3) is 5.57. The molecule has 2 saturated heterocycles. The number of benzene rings is 1. The Kier molecular flexibility index (Phi) is 9.37. The zero-order valence-electron chi connectivity index (χ0n) is 20.2. The van der Waals surface area contributed by atoms with E-state index < -0.39 is 17.7 Å². The Morgan fingerprint density at radius 3 is 2.47 bits per heavy atom. The number of piperazine rings is 1. The fourth-order valence-corrected chi connectivity index (χ4v) is 5.63. The smallest absolute Gasteiger partial charge is 0.248 e. The normalized spacial score (nSPS) is 24.2. The van der Waals surface area contributed by atoms with Gasteiger partial charge < -0.3 is 20.2 Å². The number of aliphatic imine (C=N–C) groups is 1. The van der Waals surface area contributed by atoms with E-state index in [9.17, 15) is 14.7 Å². The van der Waals surface area contributed by atoms with Crippen LogP contribution in [0.25, 0.3) is 0 Å². The van der Waals surface area contributed by atoms with E-state index in [1.165, 1.54) is 6.42 Å². The lowest BCUT2D eigenvalue weighted by Crippen LogP contribution is -2.75. The Morgan fingerprint density at radius 1 is 1.15 bits per heavy atom. The SMILES string of the molecule is CCCCN1C(=O)[C@@H]([C@H](O)C2CCCCC2)NC(=O)C12CCN(C=Nc1ccccc1)CC2.Cl. The van der Waals surface area contributed by atoms with Gasteiger partial charge >= 0.3 is 0 Å². The molecule has 1 aromatic carbocycles. The summed E-state index contributed by atoms with van der Waals surface area (Å²) in [6.07, 6.45) is 9.19. The molecule has 34 heavy (non-hydrogen) atoms. The lowest BCUT2D eigenvalue weighted by molar-refractivity contribution is -0.165. The highest BCUT2D eigenvalue weighted by Crippen LogP contribution is 2.36. The number of hydrogen-bond acceptors (Lipinski definition) is 4. The number of likely N-dealkylation sites (tertiary alicyclic amines) is 1. The number of unbranched alkanes of at least 4 members (excludes halogenated alkanes) is 1. The van der Waals surface area contributed by atoms with Gasteiger partial charge in [0.15, 0.2) is 0 Å². The largest absolute Gasteiger partial charge is 0.390 e. The number of hydrogen-bond donors (Lipinski definition) is 2. The Labute approximate surface area is 209 Å². The molecule has 1 spiro atoms. The molecule has 2 heterocycles. The molecule has 2 aliphatic heterocycles. The minimum atomic E-state index is -0.827. The van der Waals surface area contributed by atoms with Gasteiger partial charge in [-0.15, -0.1) is 12.4 Å². The predicted octanol–water partition coefficient (Wildman–Crippen LogP) is 3.67. The maximum atomic E-state index is 13.6. The number of aliphatic hydroxyl groups is 1. The summed E-state index contributed by atoms with van der Waals surface area (Å²) in [4.78, 5) is 35.6. The average molecular weight is 491 g/mol. The summed E-state index contributed by atoms with van der Waals surface area (Å²) >= 11 is 0. The molecule has 1 aromatic rings. The van der Waals surface area contributed by atoms with Gasteiger partial charge in [0.05, 0.1) is 18.1 Å². The van der Waals surface area contributed by atoms with E-state index in [0.717, 1.165) is 44.2 Å². The van der Waals surface area contributed by atoms with Crippen LogP contribution in [0.1, 0.15) is 64.7 Å². The summed E-state index contributed by atoms with van der Waals surface area (Å²) < 4.78 is 0. The first kappa shape index (κ1) is 26.5. The topological polar surface area (TPSA) is 85.2 Å². The van der Waals surface area contributed by atoms with Crippen LogP contribution < -0.4 is 5.32 Å². The molecule has 8 heteroatoms. The van der Waals surface area contributed by atoms with Crippen LogP contribution in [0.2, 0.25) is 0 Å². The molecule has 0 aromatic heterocycles. The van der Waals surface area contributed by atoms with Crippen molar-refractivity contribution >= 4 is 36.2 Å². The van der Waals surface area contributed by atoms with Crippen molar-refractivity contribution in [2.24, 2.45) is 10.9 Å². The highest BCUT2D eigenvalue weighted by molar-refractivity contribution is 6.00. The second-order valence-electron chi connectivity index (χ2n) is 9.83. The summed E-state index contributed by atoms with van der Waals surface area (Å²) in [5, 5.41) is 14.0. The molecule has 0 bridgehead atoms. The molecule has 3 aliphatic rings. The Balaban J connectivity index is 0.00000324. The van der Waals surface area contributed by atoms with Crippen LogP contribution in [0.5, 0.6) is 0 Å². The van der Waals surface area contributed by atoms with Crippen LogP contribution in [0, 0.1) is 5.92 Å². The molecular weight excluding hydrogens is 452 g/mol. The number of carbonyl (C=O) groups excluding carboxylic acids is 2. The van der Waals surface area contributed by atoms with Gasteiger partial charge in [0.25, 0.3) is 0 Å². The second-order valence-corrected chi connectivity index (χ2v) is 9.83. The van der Waals surface area contributed by atoms with Crippen molar-refractivity contribution in [1.82, 2.24) is 15.1 Å². The fraction of sp³-hybridized carbons (Fsp3) is 0.654. The number of nitrogens with one attached hydrogen (secondary N) is 1. The number of amides is 2. The van der Waals surface area contributed by atoms with Crippen LogP contribution in [0.3, 0.4) is 0 Å². The molecule has 7 nitrogen and oxygen atoms in total. The Morgan fingerprint density at radius 2 is 1.82 bits per heavy atom. The van der Waals surface area contributed by atoms with E-state index in [1.807, 2.05) is 41.6 Å². The van der Waals surface area contributed by atoms with Gasteiger partial charge in [0.1, 0.15) is 11.6 Å². The van der Waals surface area contributed by atoms with E-state index in [1.54, 1.807) is 0 Å². The molecule has 3 fully saturated rings. The van der Waals surface area contributed by atoms with Crippen molar-refractivity contribution < 1.29 is 14.7 Å². The highest BCUT2D eigenvalue weighted by Gasteiger charge is 2.55. The van der Waals surface area contributed by atoms with Crippen molar-refractivity contribution in [3.8, 4) is 0 Å². The van der Waals surface area contributed by atoms with Gasteiger partial charge in [0.2, 0.25) is 11.8 Å². The van der Waals surface area contributed by atoms with Crippen molar-refractivity contribution in [2.75, 3.05) is 19.6 Å². The van der Waals surface area contributed by atoms with Crippen LogP contribution in [0.4, 0.5) is 5.69 Å². The molecule has 188 valence electrons. The fourth-order valence-electron chi connectivity index (χ4n) is 5.63. The lowest BCUT2D eigenvalue weighted by atomic mass is 9.78. The number of carbonyl (C=O) groups is 2. The van der Waals surface area contributed by atoms with Crippen LogP contribution in [0.15, 0.2) is 35.3 Å². The zero-order valence-corrected chi connectivity index (χ0v) is 21.0. The summed E-state index contributed by atoms with van der Waals surface area (Å²) in [6.45, 7) is 3.98. The van der Waals surface area contributed by atoms with Gasteiger partial charge in [-0.3, -0.25) is 9.59 Å². The van der Waals surface area contributed by atoms with Crippen LogP contribution >= 0.6 is 12.4 Å². The lowest BCUT2D eigenvalue weighted by Gasteiger charge is -2.52. The number of halogens is 1. The molecule has 4 rings (SSSR count). The molecular formula is C26H39ClN4O3. The Bertz CT molecular complexity index is 836. The number of aliphatic hydroxyl groups excluding tert-OH is 1. The van der Waals surface area contributed by atoms with E-state index >= 15 is 0 Å². The van der Waals surface area contributed by atoms with Crippen molar-refractivity contribution in [1.29, 1.82) is 0 Å². The van der Waals surface area contributed by atoms with Gasteiger partial charge in [-0.25, -0.2) is 4.99 Å². The predicted molar refractivity (Wildman–Crippen MR) is 137 cm³/mol. The number of para-hydroxylation sites is 1. The molecule has 2 amide bonds. The Hall–Kier alpha value is -2.12. The third-order valence-corrected chi connectivity index (χ3v) is 7.72. The van der Waals surface area contributed by atoms with E-state index in [-0.39, 0.29) is 30.1 Å². The minimum Gasteiger partial charge on any atom is -0.390 e. The summed E-state index contributed by atoms with van der Waals surface area (Å²) in [6, 6.07) is 8.98. The first-order valence-electron chi connectivity index (χ1n) is 12.7. The van der Waals surface area contributed by atoms with E-state index in [0.29, 0.717) is 32.5 Å². The van der Waals surface area contributed by atoms with Gasteiger partial charge in [-0.05, 0) is 50.2 Å².